The lowest BCUT2D eigenvalue weighted by Gasteiger charge is -2.22. The minimum atomic E-state index is 0.111. The van der Waals surface area contributed by atoms with E-state index < -0.39 is 0 Å². The maximum Gasteiger partial charge on any atom is 0.155 e. The Hall–Kier alpha value is -2.47. The number of pyridine rings is 1. The van der Waals surface area contributed by atoms with Crippen LogP contribution in [0.15, 0.2) is 24.4 Å². The molecular formula is C16H19N5O. The van der Waals surface area contributed by atoms with E-state index >= 15 is 0 Å². The number of anilines is 1. The fraction of sp³-hybridized carbons (Fsp3) is 0.312. The Morgan fingerprint density at radius 3 is 2.64 bits per heavy atom. The van der Waals surface area contributed by atoms with E-state index in [-0.39, 0.29) is 11.9 Å². The summed E-state index contributed by atoms with van der Waals surface area (Å²) in [4.78, 5) is 15.7. The molecule has 0 saturated carbocycles. The van der Waals surface area contributed by atoms with Crippen LogP contribution in [0.2, 0.25) is 0 Å². The van der Waals surface area contributed by atoms with Crippen molar-refractivity contribution in [2.45, 2.75) is 20.0 Å². The molecule has 3 rings (SSSR count). The summed E-state index contributed by atoms with van der Waals surface area (Å²) in [5, 5.41) is 13.3. The summed E-state index contributed by atoms with van der Waals surface area (Å²) >= 11 is 0. The second kappa shape index (κ2) is 5.38. The highest BCUT2D eigenvalue weighted by Crippen LogP contribution is 2.27. The summed E-state index contributed by atoms with van der Waals surface area (Å²) in [5.41, 5.74) is 3.55. The Morgan fingerprint density at radius 1 is 1.14 bits per heavy atom. The molecule has 1 unspecified atom stereocenters. The minimum Gasteiger partial charge on any atom is -0.506 e. The third-order valence-electron chi connectivity index (χ3n) is 3.78. The minimum absolute atomic E-state index is 0.111. The van der Waals surface area contributed by atoms with Crippen molar-refractivity contribution in [2.75, 3.05) is 19.4 Å². The van der Waals surface area contributed by atoms with E-state index in [1.54, 1.807) is 18.3 Å². The van der Waals surface area contributed by atoms with E-state index in [9.17, 15) is 5.11 Å². The van der Waals surface area contributed by atoms with Crippen LogP contribution in [-0.4, -0.2) is 45.2 Å². The van der Waals surface area contributed by atoms with E-state index in [4.69, 9.17) is 0 Å². The van der Waals surface area contributed by atoms with Gasteiger partial charge in [-0.05, 0) is 45.6 Å². The van der Waals surface area contributed by atoms with Gasteiger partial charge in [0.1, 0.15) is 16.8 Å². The third-order valence-corrected chi connectivity index (χ3v) is 3.78. The van der Waals surface area contributed by atoms with Gasteiger partial charge < -0.3 is 10.4 Å². The molecule has 6 nitrogen and oxygen atoms in total. The lowest BCUT2D eigenvalue weighted by molar-refractivity contribution is 0.343. The zero-order chi connectivity index (χ0) is 15.9. The molecule has 0 bridgehead atoms. The summed E-state index contributed by atoms with van der Waals surface area (Å²) in [6, 6.07) is 5.21. The predicted molar refractivity (Wildman–Crippen MR) is 88.0 cm³/mol. The van der Waals surface area contributed by atoms with Crippen LogP contribution in [0, 0.1) is 6.92 Å². The van der Waals surface area contributed by atoms with Gasteiger partial charge in [-0.1, -0.05) is 6.07 Å². The Kier molecular flexibility index (Phi) is 3.54. The van der Waals surface area contributed by atoms with Gasteiger partial charge >= 0.3 is 0 Å². The molecule has 2 heterocycles. The molecule has 1 aromatic carbocycles. The van der Waals surface area contributed by atoms with Crippen molar-refractivity contribution in [1.29, 1.82) is 0 Å². The summed E-state index contributed by atoms with van der Waals surface area (Å²) in [6.45, 7) is 3.99. The number of aromatic hydroxyl groups is 1. The highest BCUT2D eigenvalue weighted by molar-refractivity contribution is 5.95. The van der Waals surface area contributed by atoms with Crippen molar-refractivity contribution < 1.29 is 5.11 Å². The number of para-hydroxylation sites is 1. The third kappa shape index (κ3) is 2.42. The van der Waals surface area contributed by atoms with Crippen LogP contribution in [0.5, 0.6) is 5.75 Å². The topological polar surface area (TPSA) is 74.2 Å². The van der Waals surface area contributed by atoms with Gasteiger partial charge in [-0.2, -0.15) is 0 Å². The van der Waals surface area contributed by atoms with Crippen molar-refractivity contribution in [3.63, 3.8) is 0 Å². The van der Waals surface area contributed by atoms with Crippen LogP contribution in [0.1, 0.15) is 12.5 Å². The molecule has 0 aliphatic heterocycles. The van der Waals surface area contributed by atoms with Crippen LogP contribution in [-0.2, 0) is 0 Å². The lowest BCUT2D eigenvalue weighted by atomic mass is 10.2. The molecule has 0 radical (unpaired) electrons. The van der Waals surface area contributed by atoms with Gasteiger partial charge in [0.05, 0.1) is 17.2 Å². The standard InChI is InChI=1S/C16H19N5O/c1-9-8-17-16(18-10(2)21(3)4)15-13(9)20-14-11(19-15)6-5-7-12(14)22/h5-8,10,22H,1-4H3,(H,17,18). The Bertz CT molecular complexity index is 847. The molecule has 22 heavy (non-hydrogen) atoms. The first kappa shape index (κ1) is 14.5. The number of benzene rings is 1. The smallest absolute Gasteiger partial charge is 0.155 e. The zero-order valence-electron chi connectivity index (χ0n) is 13.1. The summed E-state index contributed by atoms with van der Waals surface area (Å²) in [6.07, 6.45) is 1.88. The molecule has 0 aliphatic rings. The quantitative estimate of drug-likeness (QED) is 0.571. The van der Waals surface area contributed by atoms with E-state index in [1.807, 2.05) is 38.9 Å². The molecule has 0 amide bonds. The highest BCUT2D eigenvalue weighted by atomic mass is 16.3. The maximum atomic E-state index is 9.97. The van der Waals surface area contributed by atoms with Crippen molar-refractivity contribution in [1.82, 2.24) is 19.9 Å². The Morgan fingerprint density at radius 2 is 1.91 bits per heavy atom. The van der Waals surface area contributed by atoms with E-state index in [2.05, 4.69) is 20.3 Å². The van der Waals surface area contributed by atoms with Gasteiger partial charge in [-0.25, -0.2) is 15.0 Å². The summed E-state index contributed by atoms with van der Waals surface area (Å²) < 4.78 is 0. The average molecular weight is 297 g/mol. The van der Waals surface area contributed by atoms with Crippen molar-refractivity contribution >= 4 is 27.9 Å². The van der Waals surface area contributed by atoms with Gasteiger partial charge in [0.2, 0.25) is 0 Å². The van der Waals surface area contributed by atoms with Crippen LogP contribution < -0.4 is 5.32 Å². The normalized spacial score (nSPS) is 13.0. The van der Waals surface area contributed by atoms with Gasteiger partial charge in [0.25, 0.3) is 0 Å². The van der Waals surface area contributed by atoms with Gasteiger partial charge in [-0.3, -0.25) is 4.90 Å². The monoisotopic (exact) mass is 297 g/mol. The molecule has 0 saturated heterocycles. The largest absolute Gasteiger partial charge is 0.506 e. The number of aromatic nitrogens is 3. The maximum absolute atomic E-state index is 9.97. The SMILES string of the molecule is Cc1cnc(NC(C)N(C)C)c2nc3cccc(O)c3nc12. The first-order valence-electron chi connectivity index (χ1n) is 7.15. The van der Waals surface area contributed by atoms with Crippen LogP contribution in [0.25, 0.3) is 22.1 Å². The molecule has 1 atom stereocenters. The molecule has 6 heteroatoms. The average Bonchev–Trinajstić information content (AvgIpc) is 2.49. The number of rotatable bonds is 3. The first-order chi connectivity index (χ1) is 10.5. The number of hydrogen-bond donors (Lipinski definition) is 2. The van der Waals surface area contributed by atoms with Crippen LogP contribution >= 0.6 is 0 Å². The van der Waals surface area contributed by atoms with Crippen molar-refractivity contribution in [2.24, 2.45) is 0 Å². The van der Waals surface area contributed by atoms with Gasteiger partial charge in [-0.15, -0.1) is 0 Å². The van der Waals surface area contributed by atoms with Gasteiger partial charge in [0.15, 0.2) is 5.82 Å². The molecule has 0 aliphatic carbocycles. The number of nitrogens with zero attached hydrogens (tertiary/aromatic N) is 4. The second-order valence-electron chi connectivity index (χ2n) is 5.64. The fourth-order valence-corrected chi connectivity index (χ4v) is 2.22. The van der Waals surface area contributed by atoms with E-state index in [0.29, 0.717) is 22.4 Å². The number of nitrogens with one attached hydrogen (secondary N) is 1. The Labute approximate surface area is 128 Å². The number of fused-ring (bicyclic) bond motifs is 2. The highest BCUT2D eigenvalue weighted by Gasteiger charge is 2.14. The lowest BCUT2D eigenvalue weighted by Crippen LogP contribution is -2.32. The predicted octanol–water partition coefficient (Wildman–Crippen LogP) is 2.51. The molecular weight excluding hydrogens is 278 g/mol. The number of hydrogen-bond acceptors (Lipinski definition) is 6. The van der Waals surface area contributed by atoms with Crippen molar-refractivity contribution in [3.8, 4) is 5.75 Å². The molecule has 114 valence electrons. The number of phenolic OH excluding ortho intramolecular Hbond substituents is 1. The van der Waals surface area contributed by atoms with Crippen molar-refractivity contribution in [3.05, 3.63) is 30.0 Å². The fourth-order valence-electron chi connectivity index (χ4n) is 2.22. The molecule has 0 spiro atoms. The first-order valence-corrected chi connectivity index (χ1v) is 7.15. The van der Waals surface area contributed by atoms with E-state index in [0.717, 1.165) is 11.1 Å². The Balaban J connectivity index is 2.25. The molecule has 2 aromatic heterocycles. The molecule has 3 aromatic rings. The summed E-state index contributed by atoms with van der Waals surface area (Å²) in [5.74, 6) is 0.832. The summed E-state index contributed by atoms with van der Waals surface area (Å²) in [7, 11) is 3.99. The number of phenols is 1. The zero-order valence-corrected chi connectivity index (χ0v) is 13.1. The van der Waals surface area contributed by atoms with Crippen LogP contribution in [0.3, 0.4) is 0 Å². The number of aryl methyl sites for hydroxylation is 1. The molecule has 2 N–H and O–H groups in total. The van der Waals surface area contributed by atoms with Crippen LogP contribution in [0.4, 0.5) is 5.82 Å². The second-order valence-corrected chi connectivity index (χ2v) is 5.64. The van der Waals surface area contributed by atoms with Gasteiger partial charge in [0, 0.05) is 6.20 Å². The molecule has 0 fully saturated rings. The van der Waals surface area contributed by atoms with E-state index in [1.165, 1.54) is 0 Å².